The number of imide groups is 1. The molecule has 1 aromatic carbocycles. The molecule has 1 fully saturated rings. The first-order valence-electron chi connectivity index (χ1n) is 8.61. The van der Waals surface area contributed by atoms with Crippen LogP contribution in [0.15, 0.2) is 18.2 Å². The summed E-state index contributed by atoms with van der Waals surface area (Å²) in [5.74, 6) is 1.17. The molecule has 1 atom stereocenters. The van der Waals surface area contributed by atoms with Crippen molar-refractivity contribution in [1.82, 2.24) is 15.5 Å². The largest absolute Gasteiger partial charge is 0.497 e. The van der Waals surface area contributed by atoms with Crippen molar-refractivity contribution in [2.45, 2.75) is 18.9 Å². The molecule has 0 saturated carbocycles. The van der Waals surface area contributed by atoms with Gasteiger partial charge in [-0.2, -0.15) is 0 Å². The predicted molar refractivity (Wildman–Crippen MR) is 96.5 cm³/mol. The van der Waals surface area contributed by atoms with Gasteiger partial charge in [0.15, 0.2) is 0 Å². The molecule has 1 aliphatic rings. The molecule has 0 radical (unpaired) electrons. The molecule has 1 saturated heterocycles. The molecule has 26 heavy (non-hydrogen) atoms. The monoisotopic (exact) mass is 365 g/mol. The molecular formula is C18H27N3O5. The standard InChI is InChI=1S/C18H27N3O5/c1-24-10-8-19-18(23)20-17(22)12-21-9-4-5-15(21)14-11-13(25-2)6-7-16(14)26-3/h6-7,11,15H,4-5,8-10,12H2,1-3H3,(H2,19,20,22,23). The maximum absolute atomic E-state index is 12.2. The second kappa shape index (κ2) is 9.98. The number of amides is 3. The van der Waals surface area contributed by atoms with Crippen LogP contribution in [0.4, 0.5) is 4.79 Å². The maximum Gasteiger partial charge on any atom is 0.321 e. The Kier molecular flexibility index (Phi) is 7.68. The fourth-order valence-corrected chi connectivity index (χ4v) is 3.13. The van der Waals surface area contributed by atoms with Crippen LogP contribution < -0.4 is 20.1 Å². The van der Waals surface area contributed by atoms with Crippen LogP contribution in [0, 0.1) is 0 Å². The Balaban J connectivity index is 1.99. The Labute approximate surface area is 153 Å². The Morgan fingerprint density at radius 1 is 1.23 bits per heavy atom. The van der Waals surface area contributed by atoms with E-state index in [-0.39, 0.29) is 18.5 Å². The Hall–Kier alpha value is -2.32. The average molecular weight is 365 g/mol. The van der Waals surface area contributed by atoms with E-state index in [4.69, 9.17) is 14.2 Å². The lowest BCUT2D eigenvalue weighted by molar-refractivity contribution is -0.121. The fraction of sp³-hybridized carbons (Fsp3) is 0.556. The molecule has 144 valence electrons. The molecule has 1 aromatic rings. The van der Waals surface area contributed by atoms with E-state index in [2.05, 4.69) is 15.5 Å². The summed E-state index contributed by atoms with van der Waals surface area (Å²) in [4.78, 5) is 25.9. The van der Waals surface area contributed by atoms with Crippen LogP contribution in [-0.2, 0) is 9.53 Å². The number of rotatable bonds is 8. The van der Waals surface area contributed by atoms with E-state index < -0.39 is 6.03 Å². The first-order valence-corrected chi connectivity index (χ1v) is 8.61. The van der Waals surface area contributed by atoms with Gasteiger partial charge in [0.2, 0.25) is 5.91 Å². The Morgan fingerprint density at radius 2 is 2.04 bits per heavy atom. The minimum Gasteiger partial charge on any atom is -0.497 e. The van der Waals surface area contributed by atoms with Gasteiger partial charge in [-0.05, 0) is 37.6 Å². The summed E-state index contributed by atoms with van der Waals surface area (Å²) in [7, 11) is 4.79. The van der Waals surface area contributed by atoms with Crippen LogP contribution >= 0.6 is 0 Å². The highest BCUT2D eigenvalue weighted by Gasteiger charge is 2.30. The molecule has 2 N–H and O–H groups in total. The number of ether oxygens (including phenoxy) is 3. The van der Waals surface area contributed by atoms with Crippen molar-refractivity contribution in [1.29, 1.82) is 0 Å². The number of hydrogen-bond donors (Lipinski definition) is 2. The van der Waals surface area contributed by atoms with Crippen LogP contribution in [0.3, 0.4) is 0 Å². The number of urea groups is 1. The second-order valence-electron chi connectivity index (χ2n) is 6.03. The summed E-state index contributed by atoms with van der Waals surface area (Å²) in [6.45, 7) is 1.67. The van der Waals surface area contributed by atoms with Gasteiger partial charge < -0.3 is 19.5 Å². The van der Waals surface area contributed by atoms with Crippen LogP contribution in [0.5, 0.6) is 11.5 Å². The Bertz CT molecular complexity index is 623. The van der Waals surface area contributed by atoms with Gasteiger partial charge in [-0.3, -0.25) is 15.0 Å². The minimum absolute atomic E-state index is 0.0438. The molecule has 1 unspecified atom stereocenters. The number of methoxy groups -OCH3 is 3. The molecule has 2 rings (SSSR count). The molecule has 8 nitrogen and oxygen atoms in total. The zero-order chi connectivity index (χ0) is 18.9. The number of likely N-dealkylation sites (tertiary alicyclic amines) is 1. The molecule has 0 aromatic heterocycles. The van der Waals surface area contributed by atoms with Gasteiger partial charge in [-0.25, -0.2) is 4.79 Å². The number of nitrogens with zero attached hydrogens (tertiary/aromatic N) is 1. The van der Waals surface area contributed by atoms with Crippen LogP contribution in [0.25, 0.3) is 0 Å². The summed E-state index contributed by atoms with van der Waals surface area (Å²) in [5.41, 5.74) is 0.988. The van der Waals surface area contributed by atoms with E-state index in [9.17, 15) is 9.59 Å². The highest BCUT2D eigenvalue weighted by Crippen LogP contribution is 2.38. The van der Waals surface area contributed by atoms with E-state index >= 15 is 0 Å². The minimum atomic E-state index is -0.512. The normalized spacial score (nSPS) is 17.0. The zero-order valence-corrected chi connectivity index (χ0v) is 15.5. The third-order valence-corrected chi connectivity index (χ3v) is 4.35. The first-order chi connectivity index (χ1) is 12.6. The van der Waals surface area contributed by atoms with E-state index in [1.807, 2.05) is 18.2 Å². The molecule has 0 aliphatic carbocycles. The van der Waals surface area contributed by atoms with Crippen molar-refractivity contribution in [2.75, 3.05) is 47.6 Å². The lowest BCUT2D eigenvalue weighted by Crippen LogP contribution is -2.45. The predicted octanol–water partition coefficient (Wildman–Crippen LogP) is 1.31. The zero-order valence-electron chi connectivity index (χ0n) is 15.5. The lowest BCUT2D eigenvalue weighted by Gasteiger charge is -2.25. The van der Waals surface area contributed by atoms with E-state index in [0.717, 1.165) is 36.4 Å². The van der Waals surface area contributed by atoms with Crippen molar-refractivity contribution < 1.29 is 23.8 Å². The SMILES string of the molecule is COCCNC(=O)NC(=O)CN1CCCC1c1cc(OC)ccc1OC. The van der Waals surface area contributed by atoms with E-state index in [1.54, 1.807) is 21.3 Å². The number of hydrogen-bond acceptors (Lipinski definition) is 6. The van der Waals surface area contributed by atoms with Gasteiger partial charge in [0.05, 0.1) is 27.4 Å². The second-order valence-corrected chi connectivity index (χ2v) is 6.03. The van der Waals surface area contributed by atoms with Crippen LogP contribution in [0.1, 0.15) is 24.4 Å². The number of carbonyl (C=O) groups excluding carboxylic acids is 2. The van der Waals surface area contributed by atoms with Crippen molar-refractivity contribution in [3.63, 3.8) is 0 Å². The van der Waals surface area contributed by atoms with Crippen molar-refractivity contribution in [3.8, 4) is 11.5 Å². The molecule has 0 spiro atoms. The number of benzene rings is 1. The van der Waals surface area contributed by atoms with Gasteiger partial charge in [-0.15, -0.1) is 0 Å². The molecule has 0 bridgehead atoms. The van der Waals surface area contributed by atoms with Crippen molar-refractivity contribution >= 4 is 11.9 Å². The van der Waals surface area contributed by atoms with Gasteiger partial charge >= 0.3 is 6.03 Å². The Morgan fingerprint density at radius 3 is 2.73 bits per heavy atom. The molecular weight excluding hydrogens is 338 g/mol. The van der Waals surface area contributed by atoms with Gasteiger partial charge in [-0.1, -0.05) is 0 Å². The number of carbonyl (C=O) groups is 2. The van der Waals surface area contributed by atoms with Crippen molar-refractivity contribution in [3.05, 3.63) is 23.8 Å². The van der Waals surface area contributed by atoms with Gasteiger partial charge in [0, 0.05) is 25.3 Å². The van der Waals surface area contributed by atoms with Crippen molar-refractivity contribution in [2.24, 2.45) is 0 Å². The maximum atomic E-state index is 12.2. The average Bonchev–Trinajstić information content (AvgIpc) is 3.09. The molecule has 8 heteroatoms. The summed E-state index contributed by atoms with van der Waals surface area (Å²) >= 11 is 0. The molecule has 1 heterocycles. The summed E-state index contributed by atoms with van der Waals surface area (Å²) in [6.07, 6.45) is 1.88. The van der Waals surface area contributed by atoms with Crippen LogP contribution in [-0.4, -0.2) is 64.4 Å². The smallest absolute Gasteiger partial charge is 0.321 e. The molecule has 3 amide bonds. The first kappa shape index (κ1) is 20.0. The van der Waals surface area contributed by atoms with E-state index in [0.29, 0.717) is 13.2 Å². The highest BCUT2D eigenvalue weighted by molar-refractivity contribution is 5.95. The lowest BCUT2D eigenvalue weighted by atomic mass is 10.0. The summed E-state index contributed by atoms with van der Waals surface area (Å²) in [5, 5.41) is 4.91. The van der Waals surface area contributed by atoms with Gasteiger partial charge in [0.1, 0.15) is 11.5 Å². The highest BCUT2D eigenvalue weighted by atomic mass is 16.5. The quantitative estimate of drug-likeness (QED) is 0.676. The third-order valence-electron chi connectivity index (χ3n) is 4.35. The fourth-order valence-electron chi connectivity index (χ4n) is 3.13. The van der Waals surface area contributed by atoms with Gasteiger partial charge in [0.25, 0.3) is 0 Å². The van der Waals surface area contributed by atoms with Crippen LogP contribution in [0.2, 0.25) is 0 Å². The topological polar surface area (TPSA) is 89.1 Å². The third kappa shape index (κ3) is 5.34. The van der Waals surface area contributed by atoms with E-state index in [1.165, 1.54) is 0 Å². The molecule has 1 aliphatic heterocycles. The summed E-state index contributed by atoms with van der Waals surface area (Å²) in [6, 6.07) is 5.19. The number of nitrogens with one attached hydrogen (secondary N) is 2. The summed E-state index contributed by atoms with van der Waals surface area (Å²) < 4.78 is 15.6.